The molecule has 2 atom stereocenters. The van der Waals surface area contributed by atoms with Crippen LogP contribution in [0, 0.1) is 0 Å². The van der Waals surface area contributed by atoms with E-state index in [2.05, 4.69) is 0 Å². The Morgan fingerprint density at radius 2 is 1.68 bits per heavy atom. The Bertz CT molecular complexity index is 1170. The van der Waals surface area contributed by atoms with Crippen molar-refractivity contribution in [2.75, 3.05) is 27.9 Å². The lowest BCUT2D eigenvalue weighted by atomic mass is 9.87. The molecule has 8 nitrogen and oxygen atoms in total. The highest BCUT2D eigenvalue weighted by Crippen LogP contribution is 2.50. The van der Waals surface area contributed by atoms with E-state index in [1.165, 1.54) is 21.3 Å². The second-order valence-electron chi connectivity index (χ2n) is 6.84. The Morgan fingerprint density at radius 3 is 2.29 bits per heavy atom. The summed E-state index contributed by atoms with van der Waals surface area (Å²) in [5.74, 6) is 0.0569. The average Bonchev–Trinajstić information content (AvgIpc) is 3.19. The van der Waals surface area contributed by atoms with Crippen LogP contribution in [0.5, 0.6) is 23.0 Å². The van der Waals surface area contributed by atoms with Crippen molar-refractivity contribution in [1.82, 2.24) is 0 Å². The van der Waals surface area contributed by atoms with Gasteiger partial charge in [-0.05, 0) is 19.1 Å². The molecule has 2 aromatic carbocycles. The maximum Gasteiger partial charge on any atom is 0.348 e. The van der Waals surface area contributed by atoms with E-state index in [9.17, 15) is 9.59 Å². The van der Waals surface area contributed by atoms with Gasteiger partial charge in [0, 0.05) is 17.7 Å². The first kappa shape index (κ1) is 20.6. The van der Waals surface area contributed by atoms with Gasteiger partial charge in [-0.3, -0.25) is 0 Å². The van der Waals surface area contributed by atoms with E-state index < -0.39 is 23.6 Å². The summed E-state index contributed by atoms with van der Waals surface area (Å²) in [5.41, 5.74) is 0.428. The fraction of sp³-hybridized carbons (Fsp3) is 0.304. The lowest BCUT2D eigenvalue weighted by Crippen LogP contribution is -2.33. The van der Waals surface area contributed by atoms with Gasteiger partial charge >= 0.3 is 11.6 Å². The number of esters is 1. The normalized spacial score (nSPS) is 17.0. The largest absolute Gasteiger partial charge is 0.496 e. The van der Waals surface area contributed by atoms with Crippen LogP contribution in [0.4, 0.5) is 0 Å². The molecule has 0 amide bonds. The third-order valence-electron chi connectivity index (χ3n) is 5.24. The van der Waals surface area contributed by atoms with Crippen LogP contribution in [0.2, 0.25) is 0 Å². The van der Waals surface area contributed by atoms with Crippen molar-refractivity contribution in [1.29, 1.82) is 0 Å². The van der Waals surface area contributed by atoms with Gasteiger partial charge in [0.2, 0.25) is 6.10 Å². The van der Waals surface area contributed by atoms with Gasteiger partial charge in [0.1, 0.15) is 28.6 Å². The molecule has 0 radical (unpaired) electrons. The Kier molecular flexibility index (Phi) is 5.46. The van der Waals surface area contributed by atoms with E-state index in [1.807, 2.05) is 0 Å². The minimum atomic E-state index is -1.13. The lowest BCUT2D eigenvalue weighted by Gasteiger charge is -2.22. The van der Waals surface area contributed by atoms with Crippen LogP contribution in [0.15, 0.2) is 45.6 Å². The summed E-state index contributed by atoms with van der Waals surface area (Å²) in [6, 6.07) is 10.3. The van der Waals surface area contributed by atoms with Crippen LogP contribution in [-0.2, 0) is 9.53 Å². The average molecular weight is 426 g/mol. The number of carbonyl (C=O) groups excluding carboxylic acids is 1. The van der Waals surface area contributed by atoms with Gasteiger partial charge < -0.3 is 28.1 Å². The second kappa shape index (κ2) is 8.22. The fourth-order valence-corrected chi connectivity index (χ4v) is 3.92. The number of benzene rings is 2. The smallest absolute Gasteiger partial charge is 0.348 e. The summed E-state index contributed by atoms with van der Waals surface area (Å²) < 4.78 is 33.3. The number of hydrogen-bond donors (Lipinski definition) is 0. The van der Waals surface area contributed by atoms with E-state index in [0.717, 1.165) is 0 Å². The first-order valence-electron chi connectivity index (χ1n) is 9.72. The maximum absolute atomic E-state index is 13.1. The van der Waals surface area contributed by atoms with Crippen molar-refractivity contribution in [3.8, 4) is 23.0 Å². The SMILES string of the molecule is CCOC(=O)C1Oc2c(c(=O)oc3ccccc23)C1c1c(OC)cc(OC)cc1OC. The predicted molar refractivity (Wildman–Crippen MR) is 111 cm³/mol. The highest BCUT2D eigenvalue weighted by atomic mass is 16.6. The molecule has 2 unspecified atom stereocenters. The Balaban J connectivity index is 2.03. The molecule has 8 heteroatoms. The molecule has 2 heterocycles. The molecule has 0 aliphatic carbocycles. The van der Waals surface area contributed by atoms with Crippen LogP contribution in [-0.4, -0.2) is 40.0 Å². The van der Waals surface area contributed by atoms with Crippen molar-refractivity contribution < 1.29 is 32.9 Å². The highest BCUT2D eigenvalue weighted by Gasteiger charge is 2.47. The van der Waals surface area contributed by atoms with E-state index in [4.69, 9.17) is 28.1 Å². The van der Waals surface area contributed by atoms with E-state index in [-0.39, 0.29) is 17.9 Å². The topological polar surface area (TPSA) is 93.4 Å². The number of methoxy groups -OCH3 is 3. The number of fused-ring (bicyclic) bond motifs is 3. The molecule has 162 valence electrons. The zero-order valence-electron chi connectivity index (χ0n) is 17.6. The van der Waals surface area contributed by atoms with Gasteiger partial charge in [0.05, 0.1) is 44.8 Å². The van der Waals surface area contributed by atoms with Crippen molar-refractivity contribution in [3.63, 3.8) is 0 Å². The van der Waals surface area contributed by atoms with Crippen molar-refractivity contribution in [2.45, 2.75) is 18.9 Å². The van der Waals surface area contributed by atoms with E-state index >= 15 is 0 Å². The highest BCUT2D eigenvalue weighted by molar-refractivity contribution is 5.89. The van der Waals surface area contributed by atoms with Crippen molar-refractivity contribution in [3.05, 3.63) is 57.9 Å². The summed E-state index contributed by atoms with van der Waals surface area (Å²) >= 11 is 0. The summed E-state index contributed by atoms with van der Waals surface area (Å²) in [6.07, 6.45) is -1.13. The quantitative estimate of drug-likeness (QED) is 0.438. The molecule has 1 aliphatic rings. The first-order valence-corrected chi connectivity index (χ1v) is 9.72. The van der Waals surface area contributed by atoms with Crippen LogP contribution >= 0.6 is 0 Å². The van der Waals surface area contributed by atoms with Crippen molar-refractivity contribution in [2.24, 2.45) is 0 Å². The van der Waals surface area contributed by atoms with Gasteiger partial charge in [-0.25, -0.2) is 9.59 Å². The molecule has 1 aliphatic heterocycles. The maximum atomic E-state index is 13.1. The fourth-order valence-electron chi connectivity index (χ4n) is 3.92. The summed E-state index contributed by atoms with van der Waals surface area (Å²) in [4.78, 5) is 25.9. The molecule has 0 saturated heterocycles. The molecular weight excluding hydrogens is 404 g/mol. The Morgan fingerprint density at radius 1 is 1.00 bits per heavy atom. The van der Waals surface area contributed by atoms with Gasteiger partial charge in [0.25, 0.3) is 0 Å². The third kappa shape index (κ3) is 3.34. The third-order valence-corrected chi connectivity index (χ3v) is 5.24. The lowest BCUT2D eigenvalue weighted by molar-refractivity contribution is -0.151. The number of hydrogen-bond acceptors (Lipinski definition) is 8. The van der Waals surface area contributed by atoms with E-state index in [0.29, 0.717) is 33.8 Å². The predicted octanol–water partition coefficient (Wildman–Crippen LogP) is 3.27. The summed E-state index contributed by atoms with van der Waals surface area (Å²) in [6.45, 7) is 1.86. The molecule has 0 N–H and O–H groups in total. The summed E-state index contributed by atoms with van der Waals surface area (Å²) in [7, 11) is 4.48. The van der Waals surface area contributed by atoms with Crippen LogP contribution < -0.4 is 24.6 Å². The number of para-hydroxylation sites is 1. The van der Waals surface area contributed by atoms with Gasteiger partial charge in [-0.2, -0.15) is 0 Å². The number of rotatable bonds is 6. The van der Waals surface area contributed by atoms with Crippen LogP contribution in [0.3, 0.4) is 0 Å². The molecule has 0 spiro atoms. The standard InChI is InChI=1S/C23H22O8/c1-5-29-23(25)21-18(17-15(27-3)10-12(26-2)11-16(17)28-4)19-20(31-21)13-8-6-7-9-14(13)30-22(19)24/h6-11,18,21H,5H2,1-4H3. The van der Waals surface area contributed by atoms with Gasteiger partial charge in [-0.15, -0.1) is 0 Å². The van der Waals surface area contributed by atoms with Crippen LogP contribution in [0.25, 0.3) is 11.0 Å². The zero-order chi connectivity index (χ0) is 22.1. The molecule has 1 aromatic heterocycles. The molecule has 0 saturated carbocycles. The Labute approximate surface area is 178 Å². The summed E-state index contributed by atoms with van der Waals surface area (Å²) in [5, 5.41) is 0.584. The van der Waals surface area contributed by atoms with E-state index in [1.54, 1.807) is 43.3 Å². The van der Waals surface area contributed by atoms with Gasteiger partial charge in [0.15, 0.2) is 0 Å². The van der Waals surface area contributed by atoms with Gasteiger partial charge in [-0.1, -0.05) is 12.1 Å². The van der Waals surface area contributed by atoms with Crippen molar-refractivity contribution >= 4 is 16.9 Å². The molecule has 31 heavy (non-hydrogen) atoms. The molecule has 4 rings (SSSR count). The second-order valence-corrected chi connectivity index (χ2v) is 6.84. The van der Waals surface area contributed by atoms with Crippen LogP contribution in [0.1, 0.15) is 24.0 Å². The monoisotopic (exact) mass is 426 g/mol. The number of ether oxygens (including phenoxy) is 5. The zero-order valence-corrected chi connectivity index (χ0v) is 17.6. The molecule has 3 aromatic rings. The molecule has 0 bridgehead atoms. The minimum Gasteiger partial charge on any atom is -0.496 e. The molecule has 0 fully saturated rings. The number of carbonyl (C=O) groups is 1. The minimum absolute atomic E-state index is 0.161. The first-order chi connectivity index (χ1) is 15.0. The molecular formula is C23H22O8. The Hall–Kier alpha value is -3.68.